The van der Waals surface area contributed by atoms with E-state index in [0.29, 0.717) is 0 Å². The highest BCUT2D eigenvalue weighted by atomic mass is 32.1. The Balaban J connectivity index is 1.22. The van der Waals surface area contributed by atoms with Gasteiger partial charge in [-0.2, -0.15) is 0 Å². The second-order valence-corrected chi connectivity index (χ2v) is 15.1. The molecule has 0 saturated heterocycles. The molecule has 0 radical (unpaired) electrons. The van der Waals surface area contributed by atoms with Crippen molar-refractivity contribution >= 4 is 113 Å². The average molecular weight is 673 g/mol. The molecule has 234 valence electrons. The molecule has 3 aromatic heterocycles. The quantitative estimate of drug-likeness (QED) is 0.181. The monoisotopic (exact) mass is 672 g/mol. The summed E-state index contributed by atoms with van der Waals surface area (Å²) >= 11 is 3.75. The van der Waals surface area contributed by atoms with Gasteiger partial charge in [-0.3, -0.25) is 0 Å². The van der Waals surface area contributed by atoms with Crippen LogP contribution in [0.5, 0.6) is 0 Å². The maximum atomic E-state index is 2.48. The van der Waals surface area contributed by atoms with Crippen LogP contribution in [0, 0.1) is 0 Å². The van der Waals surface area contributed by atoms with Crippen molar-refractivity contribution in [2.75, 3.05) is 4.90 Å². The zero-order valence-corrected chi connectivity index (χ0v) is 28.5. The summed E-state index contributed by atoms with van der Waals surface area (Å²) in [5, 5.41) is 10.3. The van der Waals surface area contributed by atoms with Crippen molar-refractivity contribution in [3.05, 3.63) is 170 Å². The Morgan fingerprint density at radius 1 is 0.380 bits per heavy atom. The van der Waals surface area contributed by atoms with Crippen LogP contribution < -0.4 is 4.90 Å². The summed E-state index contributed by atoms with van der Waals surface area (Å²) < 4.78 is 7.65. The van der Waals surface area contributed by atoms with Crippen LogP contribution >= 0.6 is 22.7 Å². The Bertz CT molecular complexity index is 3110. The highest BCUT2D eigenvalue weighted by Gasteiger charge is 2.22. The Morgan fingerprint density at radius 2 is 0.960 bits per heavy atom. The molecule has 0 amide bonds. The van der Waals surface area contributed by atoms with Gasteiger partial charge in [-0.15, -0.1) is 22.7 Å². The minimum absolute atomic E-state index is 1.14. The topological polar surface area (TPSA) is 8.17 Å². The maximum absolute atomic E-state index is 2.48. The number of thiophene rings is 2. The van der Waals surface area contributed by atoms with E-state index in [1.54, 1.807) is 0 Å². The van der Waals surface area contributed by atoms with Gasteiger partial charge >= 0.3 is 0 Å². The van der Waals surface area contributed by atoms with Crippen LogP contribution in [0.2, 0.25) is 0 Å². The third-order valence-corrected chi connectivity index (χ3v) is 12.4. The molecule has 0 atom stereocenters. The van der Waals surface area contributed by atoms with Crippen LogP contribution in [0.25, 0.3) is 78.6 Å². The molecule has 0 aliphatic rings. The van der Waals surface area contributed by atoms with Crippen molar-refractivity contribution in [1.29, 1.82) is 0 Å². The number of nitrogens with zero attached hydrogens (tertiary/aromatic N) is 2. The van der Waals surface area contributed by atoms with Gasteiger partial charge in [0.25, 0.3) is 0 Å². The number of rotatable bonds is 4. The second kappa shape index (κ2) is 10.8. The molecule has 0 unspecified atom stereocenters. The van der Waals surface area contributed by atoms with Gasteiger partial charge in [-0.1, -0.05) is 103 Å². The average Bonchev–Trinajstić information content (AvgIpc) is 3.83. The van der Waals surface area contributed by atoms with Gasteiger partial charge in [0.15, 0.2) is 0 Å². The molecule has 3 heterocycles. The second-order valence-electron chi connectivity index (χ2n) is 13.0. The number of anilines is 3. The van der Waals surface area contributed by atoms with Crippen LogP contribution in [-0.4, -0.2) is 4.57 Å². The van der Waals surface area contributed by atoms with Gasteiger partial charge in [-0.25, -0.2) is 0 Å². The number of aromatic nitrogens is 1. The minimum atomic E-state index is 1.14. The van der Waals surface area contributed by atoms with E-state index in [0.717, 1.165) is 22.7 Å². The fourth-order valence-corrected chi connectivity index (χ4v) is 10.2. The lowest BCUT2D eigenvalue weighted by molar-refractivity contribution is 1.17. The first-order valence-corrected chi connectivity index (χ1v) is 18.6. The number of hydrogen-bond donors (Lipinski definition) is 0. The summed E-state index contributed by atoms with van der Waals surface area (Å²) in [5.74, 6) is 0. The highest BCUT2D eigenvalue weighted by molar-refractivity contribution is 7.26. The molecule has 0 fully saturated rings. The lowest BCUT2D eigenvalue weighted by Crippen LogP contribution is -2.11. The van der Waals surface area contributed by atoms with Gasteiger partial charge in [0.05, 0.1) is 16.7 Å². The van der Waals surface area contributed by atoms with Crippen molar-refractivity contribution in [3.63, 3.8) is 0 Å². The molecule has 0 aliphatic carbocycles. The Labute approximate surface area is 296 Å². The van der Waals surface area contributed by atoms with Crippen molar-refractivity contribution < 1.29 is 0 Å². The minimum Gasteiger partial charge on any atom is -0.308 e. The molecule has 11 rings (SSSR count). The SMILES string of the molecule is c1ccc(-n2c3ccccc3c3cccc(N(c4ccc5c(c4)sc4ccccc45)c4ccc5c(c4)sc4cc6ccccc6cc45)c32)cc1. The third kappa shape index (κ3) is 4.13. The molecular formula is C46H28N2S2. The van der Waals surface area contributed by atoms with Gasteiger partial charge in [0, 0.05) is 68.2 Å². The van der Waals surface area contributed by atoms with Crippen molar-refractivity contribution in [1.82, 2.24) is 4.57 Å². The van der Waals surface area contributed by atoms with Crippen molar-refractivity contribution in [3.8, 4) is 5.69 Å². The molecule has 0 aliphatic heterocycles. The van der Waals surface area contributed by atoms with E-state index >= 15 is 0 Å². The molecule has 8 aromatic carbocycles. The van der Waals surface area contributed by atoms with E-state index in [2.05, 4.69) is 179 Å². The van der Waals surface area contributed by atoms with Crippen LogP contribution in [0.15, 0.2) is 170 Å². The zero-order chi connectivity index (χ0) is 32.8. The van der Waals surface area contributed by atoms with Gasteiger partial charge in [0.1, 0.15) is 0 Å². The van der Waals surface area contributed by atoms with E-state index in [9.17, 15) is 0 Å². The summed E-state index contributed by atoms with van der Waals surface area (Å²) in [6, 6.07) is 62.5. The van der Waals surface area contributed by atoms with Crippen LogP contribution in [0.1, 0.15) is 0 Å². The lowest BCUT2D eigenvalue weighted by atomic mass is 10.1. The van der Waals surface area contributed by atoms with Gasteiger partial charge < -0.3 is 9.47 Å². The smallest absolute Gasteiger partial charge is 0.0782 e. The van der Waals surface area contributed by atoms with E-state index in [4.69, 9.17) is 0 Å². The maximum Gasteiger partial charge on any atom is 0.0782 e. The van der Waals surface area contributed by atoms with E-state index in [1.165, 1.54) is 72.9 Å². The van der Waals surface area contributed by atoms with Gasteiger partial charge in [0.2, 0.25) is 0 Å². The first kappa shape index (κ1) is 28.0. The largest absolute Gasteiger partial charge is 0.308 e. The summed E-state index contributed by atoms with van der Waals surface area (Å²) in [6.07, 6.45) is 0. The molecule has 0 bridgehead atoms. The van der Waals surface area contributed by atoms with Crippen LogP contribution in [0.3, 0.4) is 0 Å². The number of hydrogen-bond acceptors (Lipinski definition) is 3. The molecule has 0 spiro atoms. The van der Waals surface area contributed by atoms with E-state index in [1.807, 2.05) is 22.7 Å². The molecular weight excluding hydrogens is 645 g/mol. The molecule has 4 heteroatoms. The zero-order valence-electron chi connectivity index (χ0n) is 26.9. The van der Waals surface area contributed by atoms with E-state index in [-0.39, 0.29) is 0 Å². The molecule has 0 N–H and O–H groups in total. The molecule has 0 saturated carbocycles. The summed E-state index contributed by atoms with van der Waals surface area (Å²) in [6.45, 7) is 0. The van der Waals surface area contributed by atoms with Crippen molar-refractivity contribution in [2.45, 2.75) is 0 Å². The van der Waals surface area contributed by atoms with Crippen molar-refractivity contribution in [2.24, 2.45) is 0 Å². The Kier molecular flexibility index (Phi) is 6.03. The van der Waals surface area contributed by atoms with E-state index < -0.39 is 0 Å². The molecule has 11 aromatic rings. The molecule has 2 nitrogen and oxygen atoms in total. The van der Waals surface area contributed by atoms with Crippen LogP contribution in [-0.2, 0) is 0 Å². The lowest BCUT2D eigenvalue weighted by Gasteiger charge is -2.27. The Morgan fingerprint density at radius 3 is 1.76 bits per heavy atom. The molecule has 50 heavy (non-hydrogen) atoms. The summed E-state index contributed by atoms with van der Waals surface area (Å²) in [5.41, 5.74) is 6.98. The highest BCUT2D eigenvalue weighted by Crippen LogP contribution is 2.47. The normalized spacial score (nSPS) is 12.0. The Hall–Kier alpha value is -5.94. The predicted octanol–water partition coefficient (Wildman–Crippen LogP) is 14.1. The number of benzene rings is 8. The number of fused-ring (bicyclic) bond motifs is 10. The van der Waals surface area contributed by atoms with Crippen LogP contribution in [0.4, 0.5) is 17.1 Å². The fraction of sp³-hybridized carbons (Fsp3) is 0. The van der Waals surface area contributed by atoms with Gasteiger partial charge in [-0.05, 0) is 77.5 Å². The standard InChI is InChI=1S/C46H28N2S2/c1-2-13-31(14-3-1)48-40-18-8-6-15-34(40)38-17-10-19-41(46(38)48)47(32-21-23-36-35-16-7-9-20-42(35)49-44(36)27-32)33-22-24-37-39-25-29-11-4-5-12-30(29)26-43(39)50-45(37)28-33/h1-28H. The third-order valence-electron chi connectivity index (χ3n) is 10.1. The summed E-state index contributed by atoms with van der Waals surface area (Å²) in [4.78, 5) is 2.48. The summed E-state index contributed by atoms with van der Waals surface area (Å²) in [7, 11) is 0. The first-order valence-electron chi connectivity index (χ1n) is 16.9. The predicted molar refractivity (Wildman–Crippen MR) is 219 cm³/mol. The first-order chi connectivity index (χ1) is 24.8. The number of para-hydroxylation sites is 3. The fourth-order valence-electron chi connectivity index (χ4n) is 7.90.